The van der Waals surface area contributed by atoms with Crippen LogP contribution in [0.25, 0.3) is 0 Å². The molecule has 1 heterocycles. The number of aliphatic imine (C=N–C) groups is 1. The van der Waals surface area contributed by atoms with Gasteiger partial charge in [-0.05, 0) is 52.1 Å². The average Bonchev–Trinajstić information content (AvgIpc) is 3.20. The summed E-state index contributed by atoms with van der Waals surface area (Å²) >= 11 is 0. The Bertz CT molecular complexity index is 380. The van der Waals surface area contributed by atoms with E-state index >= 15 is 0 Å². The summed E-state index contributed by atoms with van der Waals surface area (Å²) in [6.07, 6.45) is 11.8. The first-order valence-corrected chi connectivity index (χ1v) is 10.6. The van der Waals surface area contributed by atoms with Crippen LogP contribution in [0.3, 0.4) is 0 Å². The first-order chi connectivity index (χ1) is 12.8. The fraction of sp³-hybridized carbons (Fsp3) is 0.950. The minimum absolute atomic E-state index is 0.323. The zero-order valence-corrected chi connectivity index (χ0v) is 17.0. The van der Waals surface area contributed by atoms with Crippen molar-refractivity contribution >= 4 is 5.96 Å². The second-order valence-corrected chi connectivity index (χ2v) is 7.62. The first kappa shape index (κ1) is 21.5. The highest BCUT2D eigenvalue weighted by Gasteiger charge is 2.17. The van der Waals surface area contributed by atoms with Gasteiger partial charge in [0.05, 0.1) is 12.7 Å². The van der Waals surface area contributed by atoms with E-state index < -0.39 is 0 Å². The minimum Gasteiger partial charge on any atom is -0.379 e. The number of guanidine groups is 1. The lowest BCUT2D eigenvalue weighted by atomic mass is 9.94. The molecule has 152 valence electrons. The van der Waals surface area contributed by atoms with E-state index in [0.29, 0.717) is 6.10 Å². The van der Waals surface area contributed by atoms with E-state index in [1.165, 1.54) is 38.5 Å². The molecular formula is C20H40N4O2. The van der Waals surface area contributed by atoms with Crippen LogP contribution >= 0.6 is 0 Å². The number of ether oxygens (including phenoxy) is 2. The van der Waals surface area contributed by atoms with Crippen LogP contribution in [0.4, 0.5) is 0 Å². The van der Waals surface area contributed by atoms with Gasteiger partial charge in [-0.2, -0.15) is 0 Å². The second-order valence-electron chi connectivity index (χ2n) is 7.62. The molecule has 6 nitrogen and oxygen atoms in total. The molecule has 6 heteroatoms. The molecule has 1 aliphatic heterocycles. The molecular weight excluding hydrogens is 328 g/mol. The fourth-order valence-corrected chi connectivity index (χ4v) is 3.83. The molecule has 0 bridgehead atoms. The Morgan fingerprint density at radius 3 is 2.54 bits per heavy atom. The second kappa shape index (κ2) is 13.3. The Morgan fingerprint density at radius 1 is 1.08 bits per heavy atom. The number of hydrogen-bond acceptors (Lipinski definition) is 4. The Kier molecular flexibility index (Phi) is 11.0. The van der Waals surface area contributed by atoms with Crippen molar-refractivity contribution in [3.8, 4) is 0 Å². The van der Waals surface area contributed by atoms with E-state index in [0.717, 1.165) is 70.7 Å². The van der Waals surface area contributed by atoms with Gasteiger partial charge in [0.1, 0.15) is 0 Å². The smallest absolute Gasteiger partial charge is 0.190 e. The van der Waals surface area contributed by atoms with Crippen LogP contribution in [0.15, 0.2) is 4.99 Å². The molecule has 1 saturated heterocycles. The van der Waals surface area contributed by atoms with Crippen LogP contribution in [0, 0.1) is 0 Å². The van der Waals surface area contributed by atoms with E-state index in [4.69, 9.17) is 9.47 Å². The largest absolute Gasteiger partial charge is 0.379 e. The summed E-state index contributed by atoms with van der Waals surface area (Å²) in [6.45, 7) is 5.41. The van der Waals surface area contributed by atoms with Crippen LogP contribution < -0.4 is 10.6 Å². The number of nitrogens with zero attached hydrogens (tertiary/aromatic N) is 2. The molecule has 0 radical (unpaired) electrons. The van der Waals surface area contributed by atoms with Crippen LogP contribution in [0.2, 0.25) is 0 Å². The fourth-order valence-electron chi connectivity index (χ4n) is 3.83. The topological polar surface area (TPSA) is 58.1 Å². The standard InChI is InChI=1S/C20H40N4O2/c1-21-20(23-13-8-15-25-17-19-11-6-16-26-19)22-12-7-14-24(2)18-9-4-3-5-10-18/h18-19H,3-17H2,1-2H3,(H2,21,22,23). The molecule has 1 aliphatic carbocycles. The van der Waals surface area contributed by atoms with Crippen LogP contribution in [-0.4, -0.2) is 76.6 Å². The molecule has 1 unspecified atom stereocenters. The van der Waals surface area contributed by atoms with Gasteiger partial charge in [0.25, 0.3) is 0 Å². The lowest BCUT2D eigenvalue weighted by Crippen LogP contribution is -2.40. The normalized spacial score (nSPS) is 22.1. The zero-order valence-electron chi connectivity index (χ0n) is 17.0. The van der Waals surface area contributed by atoms with Gasteiger partial charge in [-0.15, -0.1) is 0 Å². The number of nitrogens with one attached hydrogen (secondary N) is 2. The van der Waals surface area contributed by atoms with Crippen molar-refractivity contribution in [2.45, 2.75) is 69.9 Å². The highest BCUT2D eigenvalue weighted by atomic mass is 16.5. The molecule has 0 aromatic heterocycles. The van der Waals surface area contributed by atoms with Crippen molar-refractivity contribution in [2.75, 3.05) is 53.6 Å². The molecule has 1 atom stereocenters. The van der Waals surface area contributed by atoms with Crippen molar-refractivity contribution in [3.05, 3.63) is 0 Å². The van der Waals surface area contributed by atoms with Gasteiger partial charge in [-0.25, -0.2) is 0 Å². The minimum atomic E-state index is 0.323. The van der Waals surface area contributed by atoms with Crippen LogP contribution in [-0.2, 0) is 9.47 Å². The lowest BCUT2D eigenvalue weighted by Gasteiger charge is -2.31. The molecule has 2 N–H and O–H groups in total. The van der Waals surface area contributed by atoms with Crippen LogP contribution in [0.5, 0.6) is 0 Å². The predicted molar refractivity (Wildman–Crippen MR) is 108 cm³/mol. The Morgan fingerprint density at radius 2 is 1.85 bits per heavy atom. The number of hydrogen-bond donors (Lipinski definition) is 2. The monoisotopic (exact) mass is 368 g/mol. The van der Waals surface area contributed by atoms with E-state index in [1.807, 2.05) is 7.05 Å². The van der Waals surface area contributed by atoms with E-state index in [2.05, 4.69) is 27.6 Å². The Labute approximate surface area is 160 Å². The Balaban J connectivity index is 1.43. The summed E-state index contributed by atoms with van der Waals surface area (Å²) < 4.78 is 11.2. The van der Waals surface area contributed by atoms with Crippen molar-refractivity contribution < 1.29 is 9.47 Å². The lowest BCUT2D eigenvalue weighted by molar-refractivity contribution is 0.0168. The molecule has 0 amide bonds. The third-order valence-corrected chi connectivity index (χ3v) is 5.49. The van der Waals surface area contributed by atoms with Crippen molar-refractivity contribution in [2.24, 2.45) is 4.99 Å². The van der Waals surface area contributed by atoms with Crippen molar-refractivity contribution in [1.82, 2.24) is 15.5 Å². The summed E-state index contributed by atoms with van der Waals surface area (Å²) in [6, 6.07) is 0.802. The highest BCUT2D eigenvalue weighted by molar-refractivity contribution is 5.79. The van der Waals surface area contributed by atoms with E-state index in [1.54, 1.807) is 0 Å². The maximum absolute atomic E-state index is 5.68. The zero-order chi connectivity index (χ0) is 18.5. The quantitative estimate of drug-likeness (QED) is 0.333. The number of rotatable bonds is 11. The van der Waals surface area contributed by atoms with Gasteiger partial charge in [-0.1, -0.05) is 19.3 Å². The predicted octanol–water partition coefficient (Wildman–Crippen LogP) is 2.39. The summed E-state index contributed by atoms with van der Waals surface area (Å²) in [7, 11) is 4.11. The van der Waals surface area contributed by atoms with Gasteiger partial charge >= 0.3 is 0 Å². The van der Waals surface area contributed by atoms with Gasteiger partial charge < -0.3 is 25.0 Å². The van der Waals surface area contributed by atoms with Crippen LogP contribution in [0.1, 0.15) is 57.8 Å². The summed E-state index contributed by atoms with van der Waals surface area (Å²) in [5, 5.41) is 6.78. The van der Waals surface area contributed by atoms with Crippen molar-refractivity contribution in [3.63, 3.8) is 0 Å². The van der Waals surface area contributed by atoms with E-state index in [9.17, 15) is 0 Å². The molecule has 2 fully saturated rings. The molecule has 0 aromatic rings. The summed E-state index contributed by atoms with van der Waals surface area (Å²) in [5.41, 5.74) is 0. The molecule has 26 heavy (non-hydrogen) atoms. The maximum Gasteiger partial charge on any atom is 0.190 e. The van der Waals surface area contributed by atoms with Gasteiger partial charge in [0.2, 0.25) is 0 Å². The molecule has 2 aliphatic rings. The molecule has 2 rings (SSSR count). The summed E-state index contributed by atoms with van der Waals surface area (Å²) in [5.74, 6) is 0.893. The van der Waals surface area contributed by atoms with E-state index in [-0.39, 0.29) is 0 Å². The Hall–Kier alpha value is -0.850. The third-order valence-electron chi connectivity index (χ3n) is 5.49. The molecule has 0 aromatic carbocycles. The highest BCUT2D eigenvalue weighted by Crippen LogP contribution is 2.21. The molecule has 1 saturated carbocycles. The molecule has 0 spiro atoms. The van der Waals surface area contributed by atoms with Gasteiger partial charge in [0, 0.05) is 39.4 Å². The van der Waals surface area contributed by atoms with Gasteiger partial charge in [0.15, 0.2) is 5.96 Å². The van der Waals surface area contributed by atoms with Crippen molar-refractivity contribution in [1.29, 1.82) is 0 Å². The first-order valence-electron chi connectivity index (χ1n) is 10.6. The average molecular weight is 369 g/mol. The maximum atomic E-state index is 5.68. The summed E-state index contributed by atoms with van der Waals surface area (Å²) in [4.78, 5) is 6.84. The third kappa shape index (κ3) is 8.69. The van der Waals surface area contributed by atoms with Gasteiger partial charge in [-0.3, -0.25) is 4.99 Å². The SMILES string of the molecule is CN=C(NCCCOCC1CCCO1)NCCCN(C)C1CCCCC1.